The zero-order chi connectivity index (χ0) is 37.9. The molecule has 0 atom stereocenters. The zero-order valence-electron chi connectivity index (χ0n) is 32.3. The first-order chi connectivity index (χ1) is 26.4. The van der Waals surface area contributed by atoms with Gasteiger partial charge in [-0.15, -0.1) is 0 Å². The van der Waals surface area contributed by atoms with Crippen molar-refractivity contribution in [2.75, 3.05) is 4.90 Å². The molecule has 0 unspecified atom stereocenters. The summed E-state index contributed by atoms with van der Waals surface area (Å²) in [4.78, 5) is 2.36. The maximum Gasteiger partial charge on any atom is 0.123 e. The van der Waals surface area contributed by atoms with E-state index in [2.05, 4.69) is 180 Å². The van der Waals surface area contributed by atoms with Crippen LogP contribution in [0.1, 0.15) is 74.9 Å². The Morgan fingerprint density at radius 1 is 0.345 bits per heavy atom. The van der Waals surface area contributed by atoms with Crippen molar-refractivity contribution in [2.45, 2.75) is 57.8 Å². The molecule has 0 saturated heterocycles. The van der Waals surface area contributed by atoms with E-state index in [0.29, 0.717) is 0 Å². The second-order valence-corrected chi connectivity index (χ2v) is 17.1. The fourth-order valence-electron chi connectivity index (χ4n) is 10.1. The minimum absolute atomic E-state index is 0.0339. The summed E-state index contributed by atoms with van der Waals surface area (Å²) in [6, 6.07) is 56.2. The lowest BCUT2D eigenvalue weighted by Gasteiger charge is -2.29. The van der Waals surface area contributed by atoms with Crippen LogP contribution in [0.25, 0.3) is 44.5 Å². The van der Waals surface area contributed by atoms with Gasteiger partial charge in [0.15, 0.2) is 0 Å². The highest BCUT2D eigenvalue weighted by Crippen LogP contribution is 2.62. The molecule has 268 valence electrons. The van der Waals surface area contributed by atoms with E-state index in [1.165, 1.54) is 78.9 Å². The van der Waals surface area contributed by atoms with Gasteiger partial charge in [-0.05, 0) is 133 Å². The Balaban J connectivity index is 1.04. The lowest BCUT2D eigenvalue weighted by Crippen LogP contribution is -2.19. The van der Waals surface area contributed by atoms with Gasteiger partial charge in [0.2, 0.25) is 0 Å². The Bertz CT molecular complexity index is 2710. The molecule has 10 rings (SSSR count). The third-order valence-electron chi connectivity index (χ3n) is 12.9. The van der Waals surface area contributed by atoms with E-state index in [0.717, 1.165) is 28.2 Å². The number of nitrogens with zero attached hydrogens (tertiary/aromatic N) is 1. The topological polar surface area (TPSA) is 3.24 Å². The smallest absolute Gasteiger partial charge is 0.123 e. The van der Waals surface area contributed by atoms with E-state index in [1.807, 2.05) is 12.1 Å². The van der Waals surface area contributed by atoms with Gasteiger partial charge in [0, 0.05) is 33.3 Å². The predicted octanol–water partition coefficient (Wildman–Crippen LogP) is 14.4. The second-order valence-electron chi connectivity index (χ2n) is 17.1. The lowest BCUT2D eigenvalue weighted by atomic mass is 9.75. The molecule has 0 radical (unpaired) electrons. The first kappa shape index (κ1) is 33.6. The van der Waals surface area contributed by atoms with Gasteiger partial charge in [0.05, 0.1) is 0 Å². The number of hydrogen-bond donors (Lipinski definition) is 0. The first-order valence-corrected chi connectivity index (χ1v) is 19.5. The maximum atomic E-state index is 13.7. The number of fused-ring (bicyclic) bond motifs is 7. The Morgan fingerprint density at radius 2 is 0.745 bits per heavy atom. The number of hydrogen-bond acceptors (Lipinski definition) is 1. The molecule has 55 heavy (non-hydrogen) atoms. The molecular formula is C53H44FN. The Morgan fingerprint density at radius 3 is 1.36 bits per heavy atom. The van der Waals surface area contributed by atoms with E-state index >= 15 is 0 Å². The average molecular weight is 714 g/mol. The fourth-order valence-corrected chi connectivity index (χ4v) is 10.1. The highest BCUT2D eigenvalue weighted by Gasteiger charge is 2.49. The van der Waals surface area contributed by atoms with Crippen molar-refractivity contribution >= 4 is 28.2 Å². The van der Waals surface area contributed by atoms with Crippen LogP contribution in [0.15, 0.2) is 158 Å². The predicted molar refractivity (Wildman–Crippen MR) is 229 cm³/mol. The Hall–Kier alpha value is -5.99. The van der Waals surface area contributed by atoms with Gasteiger partial charge in [0.1, 0.15) is 5.82 Å². The van der Waals surface area contributed by atoms with Crippen molar-refractivity contribution < 1.29 is 4.39 Å². The van der Waals surface area contributed by atoms with Gasteiger partial charge in [-0.25, -0.2) is 4.39 Å². The third-order valence-corrected chi connectivity index (χ3v) is 12.9. The highest BCUT2D eigenvalue weighted by atomic mass is 19.1. The van der Waals surface area contributed by atoms with Crippen LogP contribution in [0.5, 0.6) is 0 Å². The highest BCUT2D eigenvalue weighted by molar-refractivity contribution is 6.09. The molecule has 0 N–H and O–H groups in total. The van der Waals surface area contributed by atoms with Crippen LogP contribution >= 0.6 is 0 Å². The molecule has 0 saturated carbocycles. The number of anilines is 3. The van der Waals surface area contributed by atoms with Crippen molar-refractivity contribution in [2.24, 2.45) is 0 Å². The summed E-state index contributed by atoms with van der Waals surface area (Å²) in [5.74, 6) is -0.227. The molecule has 7 aromatic rings. The minimum Gasteiger partial charge on any atom is -0.310 e. The summed E-state index contributed by atoms with van der Waals surface area (Å²) >= 11 is 0. The molecule has 2 heteroatoms. The van der Waals surface area contributed by atoms with E-state index < -0.39 is 0 Å². The molecule has 1 nitrogen and oxygen atoms in total. The van der Waals surface area contributed by atoms with Gasteiger partial charge in [-0.3, -0.25) is 0 Å². The lowest BCUT2D eigenvalue weighted by molar-refractivity contribution is 0.628. The van der Waals surface area contributed by atoms with Crippen molar-refractivity contribution in [3.63, 3.8) is 0 Å². The molecule has 0 fully saturated rings. The second kappa shape index (κ2) is 11.8. The van der Waals surface area contributed by atoms with Crippen LogP contribution < -0.4 is 4.90 Å². The molecule has 7 aromatic carbocycles. The molecule has 0 amide bonds. The van der Waals surface area contributed by atoms with Gasteiger partial charge >= 0.3 is 0 Å². The number of allylic oxidation sites excluding steroid dienone is 2. The number of rotatable bonds is 5. The van der Waals surface area contributed by atoms with Gasteiger partial charge in [-0.2, -0.15) is 0 Å². The van der Waals surface area contributed by atoms with Gasteiger partial charge < -0.3 is 4.90 Å². The van der Waals surface area contributed by atoms with Gasteiger partial charge in [0.25, 0.3) is 0 Å². The van der Waals surface area contributed by atoms with Crippen LogP contribution in [0, 0.1) is 5.82 Å². The SMILES string of the molecule is CC1(C)C2=C(c3ccccc31)C(C)(C)c1cc(-c3ccc(N(c4ccc(-c5ccc(F)cc5)cc4)c4ccc5c(c4)C(C)(C)c4ccccc4-5)cc3)ccc12. The Kier molecular flexibility index (Phi) is 7.17. The van der Waals surface area contributed by atoms with E-state index in [1.54, 1.807) is 0 Å². The van der Waals surface area contributed by atoms with Crippen LogP contribution in [0.4, 0.5) is 21.5 Å². The first-order valence-electron chi connectivity index (χ1n) is 19.5. The molecular weight excluding hydrogens is 670 g/mol. The van der Waals surface area contributed by atoms with Crippen LogP contribution in [0.2, 0.25) is 0 Å². The zero-order valence-corrected chi connectivity index (χ0v) is 32.3. The third kappa shape index (κ3) is 4.90. The Labute approximate surface area is 324 Å². The number of halogens is 1. The van der Waals surface area contributed by atoms with Gasteiger partial charge in [-0.1, -0.05) is 145 Å². The van der Waals surface area contributed by atoms with Crippen LogP contribution in [0.3, 0.4) is 0 Å². The largest absolute Gasteiger partial charge is 0.310 e. The molecule has 0 aromatic heterocycles. The maximum absolute atomic E-state index is 13.7. The molecule has 0 spiro atoms. The van der Waals surface area contributed by atoms with Crippen LogP contribution in [-0.4, -0.2) is 0 Å². The summed E-state index contributed by atoms with van der Waals surface area (Å²) < 4.78 is 13.7. The molecule has 0 heterocycles. The summed E-state index contributed by atoms with van der Waals surface area (Å²) in [5, 5.41) is 0. The summed E-state index contributed by atoms with van der Waals surface area (Å²) in [6.07, 6.45) is 0. The van der Waals surface area contributed by atoms with Crippen molar-refractivity contribution in [1.82, 2.24) is 0 Å². The van der Waals surface area contributed by atoms with Crippen molar-refractivity contribution in [3.05, 3.63) is 197 Å². The normalized spacial score (nSPS) is 16.3. The quantitative estimate of drug-likeness (QED) is 0.172. The summed E-state index contributed by atoms with van der Waals surface area (Å²) in [5.41, 5.74) is 21.4. The minimum atomic E-state index is -0.227. The standard InChI is InChI=1S/C53H44FN/c1-51(2)45-13-9-7-11-41(45)42-30-28-40(32-48(42)51)55(38-24-17-34(18-25-38)33-15-22-37(54)23-16-33)39-26-19-35(20-27-39)36-21-29-44-47(31-36)53(5,6)49-43-12-8-10-14-46(43)52(3,4)50(44)49/h7-32H,1-6H3. The van der Waals surface area contributed by atoms with Crippen molar-refractivity contribution in [1.29, 1.82) is 0 Å². The van der Waals surface area contributed by atoms with Crippen LogP contribution in [-0.2, 0) is 16.2 Å². The molecule has 0 aliphatic heterocycles. The van der Waals surface area contributed by atoms with E-state index in [-0.39, 0.29) is 22.1 Å². The number of benzene rings is 7. The molecule has 3 aliphatic rings. The molecule has 3 aliphatic carbocycles. The van der Waals surface area contributed by atoms with E-state index in [4.69, 9.17) is 0 Å². The summed E-state index contributed by atoms with van der Waals surface area (Å²) in [6.45, 7) is 14.2. The fraction of sp³-hybridized carbons (Fsp3) is 0.170. The summed E-state index contributed by atoms with van der Waals surface area (Å²) in [7, 11) is 0. The monoisotopic (exact) mass is 713 g/mol. The van der Waals surface area contributed by atoms with Crippen molar-refractivity contribution in [3.8, 4) is 33.4 Å². The van der Waals surface area contributed by atoms with E-state index in [9.17, 15) is 4.39 Å². The molecule has 0 bridgehead atoms. The average Bonchev–Trinajstić information content (AvgIpc) is 3.70.